The Morgan fingerprint density at radius 1 is 1.50 bits per heavy atom. The van der Waals surface area contributed by atoms with Crippen molar-refractivity contribution in [2.24, 2.45) is 5.92 Å². The normalized spacial score (nSPS) is 10.5. The van der Waals surface area contributed by atoms with E-state index in [2.05, 4.69) is 29.5 Å². The average Bonchev–Trinajstić information content (AvgIpc) is 2.34. The lowest BCUT2D eigenvalue weighted by Gasteiger charge is -2.08. The number of pyridine rings is 1. The van der Waals surface area contributed by atoms with Gasteiger partial charge in [0.15, 0.2) is 0 Å². The lowest BCUT2D eigenvalue weighted by atomic mass is 10.1. The van der Waals surface area contributed by atoms with Gasteiger partial charge in [0.25, 0.3) is 5.91 Å². The fraction of sp³-hybridized carbons (Fsp3) is 0.538. The Hall–Kier alpha value is -1.29. The van der Waals surface area contributed by atoms with E-state index in [0.717, 1.165) is 12.8 Å². The van der Waals surface area contributed by atoms with Crippen LogP contribution in [-0.2, 0) is 0 Å². The predicted octanol–water partition coefficient (Wildman–Crippen LogP) is 2.94. The number of carbonyl (C=O) groups is 1. The predicted molar refractivity (Wildman–Crippen MR) is 75.2 cm³/mol. The molecule has 5 heteroatoms. The second-order valence-electron chi connectivity index (χ2n) is 4.60. The molecule has 1 rings (SSSR count). The third-order valence-electron chi connectivity index (χ3n) is 2.58. The number of aromatic nitrogens is 1. The van der Waals surface area contributed by atoms with E-state index in [1.165, 1.54) is 6.20 Å². The number of rotatable bonds is 6. The van der Waals surface area contributed by atoms with Gasteiger partial charge in [-0.15, -0.1) is 0 Å². The first-order valence-corrected chi connectivity index (χ1v) is 6.54. The van der Waals surface area contributed by atoms with Gasteiger partial charge in [-0.1, -0.05) is 25.4 Å². The number of carbonyl (C=O) groups excluding carboxylic acids is 1. The number of amides is 1. The van der Waals surface area contributed by atoms with Gasteiger partial charge in [0.1, 0.15) is 5.82 Å². The van der Waals surface area contributed by atoms with E-state index in [1.807, 2.05) is 0 Å². The number of hydrogen-bond donors (Lipinski definition) is 2. The standard InChI is InChI=1S/C13H20ClN3O/c1-9(2)5-4-6-16-13(18)10-7-11(14)12(15-3)17-8-10/h7-9H,4-6H2,1-3H3,(H,15,17)(H,16,18). The molecule has 0 aromatic carbocycles. The third kappa shape index (κ3) is 4.53. The maximum absolute atomic E-state index is 11.8. The highest BCUT2D eigenvalue weighted by Gasteiger charge is 2.08. The minimum atomic E-state index is -0.129. The van der Waals surface area contributed by atoms with Gasteiger partial charge >= 0.3 is 0 Å². The summed E-state index contributed by atoms with van der Waals surface area (Å²) in [7, 11) is 1.74. The molecular formula is C13H20ClN3O. The van der Waals surface area contributed by atoms with Crippen molar-refractivity contribution in [1.29, 1.82) is 0 Å². The van der Waals surface area contributed by atoms with Gasteiger partial charge in [-0.25, -0.2) is 4.98 Å². The minimum absolute atomic E-state index is 0.129. The number of anilines is 1. The Morgan fingerprint density at radius 3 is 2.78 bits per heavy atom. The van der Waals surface area contributed by atoms with Gasteiger partial charge in [0.05, 0.1) is 10.6 Å². The molecule has 4 nitrogen and oxygen atoms in total. The zero-order valence-corrected chi connectivity index (χ0v) is 11.8. The van der Waals surface area contributed by atoms with Gasteiger partial charge in [-0.2, -0.15) is 0 Å². The Morgan fingerprint density at radius 2 is 2.22 bits per heavy atom. The first kappa shape index (κ1) is 14.8. The van der Waals surface area contributed by atoms with Crippen LogP contribution >= 0.6 is 11.6 Å². The molecule has 18 heavy (non-hydrogen) atoms. The van der Waals surface area contributed by atoms with E-state index >= 15 is 0 Å². The summed E-state index contributed by atoms with van der Waals surface area (Å²) >= 11 is 5.97. The quantitative estimate of drug-likeness (QED) is 0.781. The topological polar surface area (TPSA) is 54.0 Å². The summed E-state index contributed by atoms with van der Waals surface area (Å²) in [4.78, 5) is 15.9. The molecule has 0 radical (unpaired) electrons. The molecule has 1 aromatic rings. The molecule has 0 unspecified atom stereocenters. The molecule has 1 heterocycles. The first-order chi connectivity index (χ1) is 8.54. The highest BCUT2D eigenvalue weighted by Crippen LogP contribution is 2.19. The Bertz CT molecular complexity index is 407. The first-order valence-electron chi connectivity index (χ1n) is 6.16. The van der Waals surface area contributed by atoms with Crippen LogP contribution in [0, 0.1) is 5.92 Å². The summed E-state index contributed by atoms with van der Waals surface area (Å²) in [5.41, 5.74) is 0.489. The highest BCUT2D eigenvalue weighted by atomic mass is 35.5. The summed E-state index contributed by atoms with van der Waals surface area (Å²) < 4.78 is 0. The van der Waals surface area contributed by atoms with Crippen LogP contribution in [0.5, 0.6) is 0 Å². The van der Waals surface area contributed by atoms with Crippen molar-refractivity contribution in [1.82, 2.24) is 10.3 Å². The van der Waals surface area contributed by atoms with E-state index in [-0.39, 0.29) is 5.91 Å². The van der Waals surface area contributed by atoms with Crippen molar-refractivity contribution < 1.29 is 4.79 Å². The molecule has 0 aliphatic heterocycles. The van der Waals surface area contributed by atoms with Gasteiger partial charge in [-0.05, 0) is 24.8 Å². The molecule has 0 aliphatic rings. The van der Waals surface area contributed by atoms with Crippen LogP contribution < -0.4 is 10.6 Å². The third-order valence-corrected chi connectivity index (χ3v) is 2.87. The monoisotopic (exact) mass is 269 g/mol. The molecule has 0 saturated carbocycles. The van der Waals surface area contributed by atoms with Crippen molar-refractivity contribution in [3.63, 3.8) is 0 Å². The summed E-state index contributed by atoms with van der Waals surface area (Å²) in [6.45, 7) is 5.02. The second-order valence-corrected chi connectivity index (χ2v) is 5.00. The molecule has 1 aromatic heterocycles. The van der Waals surface area contributed by atoms with E-state index in [9.17, 15) is 4.79 Å². The molecule has 0 fully saturated rings. The number of hydrogen-bond acceptors (Lipinski definition) is 3. The van der Waals surface area contributed by atoms with E-state index < -0.39 is 0 Å². The average molecular weight is 270 g/mol. The maximum atomic E-state index is 11.8. The van der Waals surface area contributed by atoms with Crippen LogP contribution in [0.2, 0.25) is 5.02 Å². The van der Waals surface area contributed by atoms with Crippen LogP contribution in [0.15, 0.2) is 12.3 Å². The van der Waals surface area contributed by atoms with Crippen LogP contribution in [0.25, 0.3) is 0 Å². The fourth-order valence-corrected chi connectivity index (χ4v) is 1.82. The Labute approximate surface area is 113 Å². The minimum Gasteiger partial charge on any atom is -0.372 e. The van der Waals surface area contributed by atoms with Crippen LogP contribution in [0.3, 0.4) is 0 Å². The van der Waals surface area contributed by atoms with Crippen molar-refractivity contribution in [2.45, 2.75) is 26.7 Å². The highest BCUT2D eigenvalue weighted by molar-refractivity contribution is 6.33. The summed E-state index contributed by atoms with van der Waals surface area (Å²) in [6.07, 6.45) is 3.62. The van der Waals surface area contributed by atoms with Crippen LogP contribution in [0.4, 0.5) is 5.82 Å². The summed E-state index contributed by atoms with van der Waals surface area (Å²) in [5.74, 6) is 1.11. The van der Waals surface area contributed by atoms with E-state index in [1.54, 1.807) is 13.1 Å². The van der Waals surface area contributed by atoms with Crippen molar-refractivity contribution in [3.05, 3.63) is 22.8 Å². The lowest BCUT2D eigenvalue weighted by Crippen LogP contribution is -2.24. The fourth-order valence-electron chi connectivity index (χ4n) is 1.56. The van der Waals surface area contributed by atoms with Gasteiger partial charge in [-0.3, -0.25) is 4.79 Å². The molecule has 100 valence electrons. The smallest absolute Gasteiger partial charge is 0.252 e. The Balaban J connectivity index is 2.49. The molecule has 0 saturated heterocycles. The lowest BCUT2D eigenvalue weighted by molar-refractivity contribution is 0.0952. The molecule has 0 atom stereocenters. The molecule has 0 spiro atoms. The SMILES string of the molecule is CNc1ncc(C(=O)NCCCC(C)C)cc1Cl. The molecule has 1 amide bonds. The van der Waals surface area contributed by atoms with Gasteiger partial charge in [0, 0.05) is 19.8 Å². The zero-order chi connectivity index (χ0) is 13.5. The molecule has 2 N–H and O–H groups in total. The second kappa shape index (κ2) is 7.21. The molecule has 0 aliphatic carbocycles. The van der Waals surface area contributed by atoms with E-state index in [0.29, 0.717) is 28.9 Å². The van der Waals surface area contributed by atoms with E-state index in [4.69, 9.17) is 11.6 Å². The van der Waals surface area contributed by atoms with Gasteiger partial charge in [0.2, 0.25) is 0 Å². The largest absolute Gasteiger partial charge is 0.372 e. The van der Waals surface area contributed by atoms with Crippen molar-refractivity contribution in [3.8, 4) is 0 Å². The van der Waals surface area contributed by atoms with Crippen LogP contribution in [-0.4, -0.2) is 24.5 Å². The van der Waals surface area contributed by atoms with Crippen molar-refractivity contribution in [2.75, 3.05) is 18.9 Å². The maximum Gasteiger partial charge on any atom is 0.252 e. The number of nitrogens with one attached hydrogen (secondary N) is 2. The molecule has 0 bridgehead atoms. The molecular weight excluding hydrogens is 250 g/mol. The number of halogens is 1. The summed E-state index contributed by atoms with van der Waals surface area (Å²) in [5, 5.41) is 6.16. The van der Waals surface area contributed by atoms with Gasteiger partial charge < -0.3 is 10.6 Å². The van der Waals surface area contributed by atoms with Crippen molar-refractivity contribution >= 4 is 23.3 Å². The summed E-state index contributed by atoms with van der Waals surface area (Å²) in [6, 6.07) is 1.62. The van der Waals surface area contributed by atoms with Crippen LogP contribution in [0.1, 0.15) is 37.0 Å². The zero-order valence-electron chi connectivity index (χ0n) is 11.1. The Kier molecular flexibility index (Phi) is 5.92. The number of nitrogens with zero attached hydrogens (tertiary/aromatic N) is 1.